The van der Waals surface area contributed by atoms with Gasteiger partial charge in [0.05, 0.1) is 16.5 Å². The molecule has 1 atom stereocenters. The summed E-state index contributed by atoms with van der Waals surface area (Å²) in [7, 11) is 0. The Bertz CT molecular complexity index is 1110. The van der Waals surface area contributed by atoms with E-state index in [1.165, 1.54) is 32.0 Å². The van der Waals surface area contributed by atoms with E-state index in [2.05, 4.69) is 0 Å². The summed E-state index contributed by atoms with van der Waals surface area (Å²) in [5, 5.41) is 18.8. The Balaban J connectivity index is 2.35. The van der Waals surface area contributed by atoms with Crippen molar-refractivity contribution in [3.63, 3.8) is 0 Å². The fourth-order valence-corrected chi connectivity index (χ4v) is 3.27. The summed E-state index contributed by atoms with van der Waals surface area (Å²) in [5.41, 5.74) is 0.282. The molecule has 0 aliphatic rings. The molecular weight excluding hydrogens is 380 g/mol. The van der Waals surface area contributed by atoms with E-state index in [0.29, 0.717) is 0 Å². The van der Waals surface area contributed by atoms with Crippen molar-refractivity contribution in [2.45, 2.75) is 19.8 Å². The van der Waals surface area contributed by atoms with Crippen LogP contribution in [0.15, 0.2) is 30.3 Å². The van der Waals surface area contributed by atoms with Crippen molar-refractivity contribution in [2.24, 2.45) is 0 Å². The monoisotopic (exact) mass is 393 g/mol. The Morgan fingerprint density at radius 3 is 2.44 bits per heavy atom. The van der Waals surface area contributed by atoms with Crippen LogP contribution in [0.5, 0.6) is 5.75 Å². The molecule has 0 bridgehead atoms. The third kappa shape index (κ3) is 2.94. The molecule has 1 heterocycles. The van der Waals surface area contributed by atoms with Crippen LogP contribution in [-0.2, 0) is 4.79 Å². The number of hydrogen-bond donors (Lipinski definition) is 2. The first-order chi connectivity index (χ1) is 12.6. The normalized spacial score (nSPS) is 12.3. The predicted octanol–water partition coefficient (Wildman–Crippen LogP) is 4.46. The summed E-state index contributed by atoms with van der Waals surface area (Å²) in [4.78, 5) is 24.4. The first-order valence-corrected chi connectivity index (χ1v) is 8.27. The maximum absolute atomic E-state index is 14.6. The van der Waals surface area contributed by atoms with Gasteiger partial charge in [-0.1, -0.05) is 11.6 Å². The number of rotatable bonds is 3. The number of benzene rings is 2. The number of carbonyl (C=O) groups excluding carboxylic acids is 1. The highest BCUT2D eigenvalue weighted by Gasteiger charge is 2.29. The van der Waals surface area contributed by atoms with Gasteiger partial charge in [-0.3, -0.25) is 14.2 Å². The molecule has 2 N–H and O–H groups in total. The van der Waals surface area contributed by atoms with Gasteiger partial charge in [0.1, 0.15) is 5.82 Å². The highest BCUT2D eigenvalue weighted by atomic mass is 35.5. The molecule has 0 spiro atoms. The van der Waals surface area contributed by atoms with Crippen LogP contribution in [0.2, 0.25) is 5.02 Å². The fourth-order valence-electron chi connectivity index (χ4n) is 3.15. The van der Waals surface area contributed by atoms with Gasteiger partial charge in [-0.25, -0.2) is 8.78 Å². The second-order valence-electron chi connectivity index (χ2n) is 6.12. The van der Waals surface area contributed by atoms with E-state index in [1.807, 2.05) is 0 Å². The van der Waals surface area contributed by atoms with Crippen molar-refractivity contribution in [3.8, 4) is 5.75 Å². The van der Waals surface area contributed by atoms with E-state index in [-0.39, 0.29) is 32.7 Å². The van der Waals surface area contributed by atoms with Gasteiger partial charge in [-0.15, -0.1) is 0 Å². The number of aliphatic carboxylic acids is 1. The minimum absolute atomic E-state index is 0.0417. The molecule has 0 unspecified atom stereocenters. The molecule has 0 aliphatic carbocycles. The number of nitrogens with zero attached hydrogens (tertiary/aromatic N) is 1. The molecule has 140 valence electrons. The number of aromatic nitrogens is 1. The fraction of sp³-hybridized carbons (Fsp3) is 0.158. The van der Waals surface area contributed by atoms with E-state index in [9.17, 15) is 28.6 Å². The van der Waals surface area contributed by atoms with E-state index in [4.69, 9.17) is 11.6 Å². The van der Waals surface area contributed by atoms with E-state index in [0.717, 1.165) is 16.7 Å². The largest absolute Gasteiger partial charge is 0.505 e. The van der Waals surface area contributed by atoms with Crippen molar-refractivity contribution in [2.75, 3.05) is 0 Å². The smallest absolute Gasteiger partial charge is 0.310 e. The Labute approximate surface area is 157 Å². The second kappa shape index (κ2) is 6.66. The van der Waals surface area contributed by atoms with Crippen LogP contribution in [0.3, 0.4) is 0 Å². The quantitative estimate of drug-likeness (QED) is 0.688. The van der Waals surface area contributed by atoms with Crippen LogP contribution in [-0.4, -0.2) is 26.7 Å². The SMILES string of the molecule is Cc1c([C@@H](C)C(=O)O)c2c(F)c(O)ccc2n1C(=O)c1ccc(Cl)c(F)c1. The molecule has 0 fully saturated rings. The molecule has 0 amide bonds. The van der Waals surface area contributed by atoms with Crippen molar-refractivity contribution in [1.82, 2.24) is 4.57 Å². The summed E-state index contributed by atoms with van der Waals surface area (Å²) < 4.78 is 29.5. The van der Waals surface area contributed by atoms with E-state index in [1.54, 1.807) is 0 Å². The lowest BCUT2D eigenvalue weighted by Gasteiger charge is -2.10. The lowest BCUT2D eigenvalue weighted by molar-refractivity contribution is -0.138. The minimum atomic E-state index is -1.22. The predicted molar refractivity (Wildman–Crippen MR) is 95.5 cm³/mol. The number of hydrogen-bond acceptors (Lipinski definition) is 3. The number of carbonyl (C=O) groups is 2. The molecule has 0 saturated carbocycles. The van der Waals surface area contributed by atoms with Gasteiger partial charge in [-0.2, -0.15) is 0 Å². The minimum Gasteiger partial charge on any atom is -0.505 e. The molecular formula is C19H14ClF2NO4. The molecule has 3 rings (SSSR count). The van der Waals surface area contributed by atoms with Crippen molar-refractivity contribution < 1.29 is 28.6 Å². The Morgan fingerprint density at radius 1 is 1.19 bits per heavy atom. The number of carboxylic acids is 1. The highest BCUT2D eigenvalue weighted by molar-refractivity contribution is 6.30. The number of halogens is 3. The number of carboxylic acid groups (broad SMARTS) is 1. The van der Waals surface area contributed by atoms with Crippen molar-refractivity contribution in [1.29, 1.82) is 0 Å². The summed E-state index contributed by atoms with van der Waals surface area (Å²) in [5.74, 6) is -5.51. The molecule has 5 nitrogen and oxygen atoms in total. The average Bonchev–Trinajstić information content (AvgIpc) is 2.91. The Hall–Kier alpha value is -2.93. The van der Waals surface area contributed by atoms with Crippen LogP contribution >= 0.6 is 11.6 Å². The van der Waals surface area contributed by atoms with E-state index >= 15 is 0 Å². The Kier molecular flexibility index (Phi) is 4.65. The number of phenolic OH excluding ortho intramolecular Hbond substituents is 1. The third-order valence-corrected chi connectivity index (χ3v) is 4.81. The van der Waals surface area contributed by atoms with Crippen molar-refractivity contribution >= 4 is 34.4 Å². The van der Waals surface area contributed by atoms with Crippen LogP contribution in [0.1, 0.15) is 34.5 Å². The lowest BCUT2D eigenvalue weighted by Crippen LogP contribution is -2.15. The molecule has 2 aromatic carbocycles. The summed E-state index contributed by atoms with van der Waals surface area (Å²) in [6.07, 6.45) is 0. The topological polar surface area (TPSA) is 79.5 Å². The van der Waals surface area contributed by atoms with Gasteiger partial charge in [0.2, 0.25) is 0 Å². The van der Waals surface area contributed by atoms with Crippen molar-refractivity contribution in [3.05, 3.63) is 63.8 Å². The third-order valence-electron chi connectivity index (χ3n) is 4.51. The lowest BCUT2D eigenvalue weighted by atomic mass is 9.97. The van der Waals surface area contributed by atoms with E-state index < -0.39 is 35.2 Å². The van der Waals surface area contributed by atoms with Gasteiger partial charge < -0.3 is 10.2 Å². The van der Waals surface area contributed by atoms with Gasteiger partial charge in [-0.05, 0) is 49.7 Å². The molecule has 0 radical (unpaired) electrons. The van der Waals surface area contributed by atoms with Gasteiger partial charge in [0, 0.05) is 16.6 Å². The summed E-state index contributed by atoms with van der Waals surface area (Å²) in [6, 6.07) is 5.86. The molecule has 3 aromatic rings. The zero-order valence-electron chi connectivity index (χ0n) is 14.3. The van der Waals surface area contributed by atoms with Crippen LogP contribution < -0.4 is 0 Å². The number of phenols is 1. The maximum Gasteiger partial charge on any atom is 0.310 e. The van der Waals surface area contributed by atoms with Gasteiger partial charge in [0.25, 0.3) is 5.91 Å². The molecule has 0 saturated heterocycles. The van der Waals surface area contributed by atoms with Gasteiger partial charge in [0.15, 0.2) is 11.6 Å². The molecule has 0 aliphatic heterocycles. The first-order valence-electron chi connectivity index (χ1n) is 7.90. The van der Waals surface area contributed by atoms with Crippen LogP contribution in [0.25, 0.3) is 10.9 Å². The summed E-state index contributed by atoms with van der Waals surface area (Å²) in [6.45, 7) is 2.82. The second-order valence-corrected chi connectivity index (χ2v) is 6.53. The zero-order valence-corrected chi connectivity index (χ0v) is 15.0. The van der Waals surface area contributed by atoms with Crippen LogP contribution in [0, 0.1) is 18.6 Å². The molecule has 27 heavy (non-hydrogen) atoms. The molecule has 1 aromatic heterocycles. The zero-order chi connectivity index (χ0) is 20.0. The van der Waals surface area contributed by atoms with Crippen LogP contribution in [0.4, 0.5) is 8.78 Å². The van der Waals surface area contributed by atoms with Gasteiger partial charge >= 0.3 is 5.97 Å². The average molecular weight is 394 g/mol. The number of fused-ring (bicyclic) bond motifs is 1. The summed E-state index contributed by atoms with van der Waals surface area (Å²) >= 11 is 5.64. The highest BCUT2D eigenvalue weighted by Crippen LogP contribution is 2.37. The maximum atomic E-state index is 14.6. The number of aromatic hydroxyl groups is 1. The first kappa shape index (κ1) is 18.8. The molecule has 8 heteroatoms. The standard InChI is InChI=1S/C19H14ClF2NO4/c1-8(19(26)27)15-9(2)23(13-5-6-14(24)17(22)16(13)15)18(25)10-3-4-11(20)12(21)7-10/h3-8,24H,1-2H3,(H,26,27)/t8-/m1/s1. The Morgan fingerprint density at radius 2 is 1.85 bits per heavy atom.